The molecule has 1 aliphatic rings. The minimum atomic E-state index is 0.459. The van der Waals surface area contributed by atoms with Crippen molar-refractivity contribution in [3.63, 3.8) is 0 Å². The largest absolute Gasteiger partial charge is 0.361 e. The lowest BCUT2D eigenvalue weighted by molar-refractivity contribution is 0.238. The molecule has 1 atom stereocenters. The Kier molecular flexibility index (Phi) is 3.38. The third-order valence-electron chi connectivity index (χ3n) is 4.30. The van der Waals surface area contributed by atoms with E-state index in [9.17, 15) is 0 Å². The molecule has 5 nitrogen and oxygen atoms in total. The van der Waals surface area contributed by atoms with Crippen molar-refractivity contribution < 1.29 is 4.52 Å². The molecular formula is C15H22N4O. The summed E-state index contributed by atoms with van der Waals surface area (Å²) in [7, 11) is 2.02. The molecule has 0 saturated carbocycles. The van der Waals surface area contributed by atoms with E-state index in [4.69, 9.17) is 4.52 Å². The first-order valence-electron chi connectivity index (χ1n) is 7.22. The van der Waals surface area contributed by atoms with Gasteiger partial charge >= 0.3 is 0 Å². The first-order valence-corrected chi connectivity index (χ1v) is 7.22. The van der Waals surface area contributed by atoms with Crippen molar-refractivity contribution in [1.29, 1.82) is 0 Å². The van der Waals surface area contributed by atoms with Crippen LogP contribution in [0.1, 0.15) is 47.3 Å². The van der Waals surface area contributed by atoms with Gasteiger partial charge in [-0.1, -0.05) is 5.16 Å². The first kappa shape index (κ1) is 13.4. The smallest absolute Gasteiger partial charge is 0.133 e. The Morgan fingerprint density at radius 1 is 1.35 bits per heavy atom. The van der Waals surface area contributed by atoms with Gasteiger partial charge in [0.05, 0.1) is 11.4 Å². The van der Waals surface area contributed by atoms with Gasteiger partial charge < -0.3 is 4.52 Å². The molecule has 5 heteroatoms. The van der Waals surface area contributed by atoms with E-state index >= 15 is 0 Å². The van der Waals surface area contributed by atoms with Gasteiger partial charge in [-0.25, -0.2) is 0 Å². The Bertz CT molecular complexity index is 613. The number of aromatic nitrogens is 3. The van der Waals surface area contributed by atoms with Gasteiger partial charge in [0.1, 0.15) is 5.76 Å². The average Bonchev–Trinajstić information content (AvgIpc) is 3.05. The van der Waals surface area contributed by atoms with Crippen LogP contribution in [0.15, 0.2) is 10.6 Å². The summed E-state index contributed by atoms with van der Waals surface area (Å²) < 4.78 is 7.16. The topological polar surface area (TPSA) is 47.1 Å². The van der Waals surface area contributed by atoms with E-state index in [1.165, 1.54) is 24.1 Å². The van der Waals surface area contributed by atoms with Crippen LogP contribution in [0, 0.1) is 20.8 Å². The molecular weight excluding hydrogens is 252 g/mol. The predicted molar refractivity (Wildman–Crippen MR) is 76.3 cm³/mol. The summed E-state index contributed by atoms with van der Waals surface area (Å²) in [5.74, 6) is 0.879. The fourth-order valence-electron chi connectivity index (χ4n) is 3.32. The average molecular weight is 274 g/mol. The van der Waals surface area contributed by atoms with Gasteiger partial charge in [0.25, 0.3) is 0 Å². The molecule has 108 valence electrons. The highest BCUT2D eigenvalue weighted by molar-refractivity contribution is 5.29. The number of hydrogen-bond donors (Lipinski definition) is 0. The maximum absolute atomic E-state index is 5.17. The number of likely N-dealkylation sites (tertiary alicyclic amines) is 1. The predicted octanol–water partition coefficient (Wildman–Crippen LogP) is 2.67. The molecule has 3 rings (SSSR count). The van der Waals surface area contributed by atoms with Crippen molar-refractivity contribution in [3.8, 4) is 0 Å². The SMILES string of the molecule is Cc1cc(CN2CCC[C@@H]2c2c(C)nn(C)c2C)no1. The van der Waals surface area contributed by atoms with Crippen LogP contribution >= 0.6 is 0 Å². The Morgan fingerprint density at radius 3 is 2.75 bits per heavy atom. The van der Waals surface area contributed by atoms with Gasteiger partial charge in [0.15, 0.2) is 0 Å². The maximum atomic E-state index is 5.17. The number of nitrogens with zero attached hydrogens (tertiary/aromatic N) is 4. The van der Waals surface area contributed by atoms with Crippen LogP contribution in [0.5, 0.6) is 0 Å². The Balaban J connectivity index is 1.85. The second-order valence-electron chi connectivity index (χ2n) is 5.77. The van der Waals surface area contributed by atoms with Gasteiger partial charge in [-0.15, -0.1) is 0 Å². The van der Waals surface area contributed by atoms with Crippen molar-refractivity contribution in [2.75, 3.05) is 6.54 Å². The zero-order valence-corrected chi connectivity index (χ0v) is 12.7. The van der Waals surface area contributed by atoms with E-state index in [0.29, 0.717) is 6.04 Å². The zero-order chi connectivity index (χ0) is 14.3. The molecule has 0 unspecified atom stereocenters. The van der Waals surface area contributed by atoms with E-state index < -0.39 is 0 Å². The molecule has 1 fully saturated rings. The second kappa shape index (κ2) is 5.05. The third kappa shape index (κ3) is 2.26. The summed E-state index contributed by atoms with van der Waals surface area (Å²) in [6, 6.07) is 2.49. The van der Waals surface area contributed by atoms with Gasteiger partial charge in [-0.2, -0.15) is 5.10 Å². The summed E-state index contributed by atoms with van der Waals surface area (Å²) in [6.07, 6.45) is 2.43. The highest BCUT2D eigenvalue weighted by Gasteiger charge is 2.30. The van der Waals surface area contributed by atoms with E-state index in [0.717, 1.165) is 30.2 Å². The molecule has 1 saturated heterocycles. The van der Waals surface area contributed by atoms with Crippen molar-refractivity contribution >= 4 is 0 Å². The summed E-state index contributed by atoms with van der Waals surface area (Å²) >= 11 is 0. The lowest BCUT2D eigenvalue weighted by atomic mass is 10.0. The van der Waals surface area contributed by atoms with Crippen molar-refractivity contribution in [3.05, 3.63) is 34.5 Å². The minimum Gasteiger partial charge on any atom is -0.361 e. The quantitative estimate of drug-likeness (QED) is 0.863. The maximum Gasteiger partial charge on any atom is 0.133 e. The summed E-state index contributed by atoms with van der Waals surface area (Å²) in [4.78, 5) is 2.49. The monoisotopic (exact) mass is 274 g/mol. The first-order chi connectivity index (χ1) is 9.56. The summed E-state index contributed by atoms with van der Waals surface area (Å²) in [5, 5.41) is 8.68. The number of hydrogen-bond acceptors (Lipinski definition) is 4. The van der Waals surface area contributed by atoms with Gasteiger partial charge in [0.2, 0.25) is 0 Å². The van der Waals surface area contributed by atoms with E-state index in [-0.39, 0.29) is 0 Å². The van der Waals surface area contributed by atoms with E-state index in [1.807, 2.05) is 24.7 Å². The normalized spacial score (nSPS) is 19.9. The molecule has 0 bridgehead atoms. The number of rotatable bonds is 3. The van der Waals surface area contributed by atoms with Crippen LogP contribution in [-0.2, 0) is 13.6 Å². The van der Waals surface area contributed by atoms with Crippen molar-refractivity contribution in [1.82, 2.24) is 19.8 Å². The molecule has 0 spiro atoms. The Morgan fingerprint density at radius 2 is 2.15 bits per heavy atom. The molecule has 0 radical (unpaired) electrons. The van der Waals surface area contributed by atoms with Crippen LogP contribution in [-0.4, -0.2) is 26.4 Å². The molecule has 1 aliphatic heterocycles. The van der Waals surface area contributed by atoms with Crippen LogP contribution in [0.2, 0.25) is 0 Å². The Labute approximate surface area is 119 Å². The molecule has 3 heterocycles. The molecule has 2 aromatic rings. The van der Waals surface area contributed by atoms with E-state index in [1.54, 1.807) is 0 Å². The molecule has 2 aromatic heterocycles. The van der Waals surface area contributed by atoms with Crippen LogP contribution in [0.3, 0.4) is 0 Å². The fraction of sp³-hybridized carbons (Fsp3) is 0.600. The highest BCUT2D eigenvalue weighted by atomic mass is 16.5. The van der Waals surface area contributed by atoms with Gasteiger partial charge in [-0.05, 0) is 40.2 Å². The van der Waals surface area contributed by atoms with E-state index in [2.05, 4.69) is 29.0 Å². The molecule has 20 heavy (non-hydrogen) atoms. The van der Waals surface area contributed by atoms with Gasteiger partial charge in [-0.3, -0.25) is 9.58 Å². The van der Waals surface area contributed by atoms with Crippen molar-refractivity contribution in [2.24, 2.45) is 7.05 Å². The number of aryl methyl sites for hydroxylation is 3. The lowest BCUT2D eigenvalue weighted by Gasteiger charge is -2.24. The minimum absolute atomic E-state index is 0.459. The highest BCUT2D eigenvalue weighted by Crippen LogP contribution is 2.36. The zero-order valence-electron chi connectivity index (χ0n) is 12.7. The van der Waals surface area contributed by atoms with Crippen LogP contribution < -0.4 is 0 Å². The van der Waals surface area contributed by atoms with Gasteiger partial charge in [0, 0.05) is 37.0 Å². The lowest BCUT2D eigenvalue weighted by Crippen LogP contribution is -2.23. The van der Waals surface area contributed by atoms with Crippen LogP contribution in [0.25, 0.3) is 0 Å². The Hall–Kier alpha value is -1.62. The summed E-state index contributed by atoms with van der Waals surface area (Å²) in [5.41, 5.74) is 4.84. The molecule has 0 aliphatic carbocycles. The fourth-order valence-corrected chi connectivity index (χ4v) is 3.32. The third-order valence-corrected chi connectivity index (χ3v) is 4.30. The van der Waals surface area contributed by atoms with Crippen molar-refractivity contribution in [2.45, 2.75) is 46.2 Å². The van der Waals surface area contributed by atoms with Crippen LogP contribution in [0.4, 0.5) is 0 Å². The molecule has 0 aromatic carbocycles. The second-order valence-corrected chi connectivity index (χ2v) is 5.77. The summed E-state index contributed by atoms with van der Waals surface area (Å²) in [6.45, 7) is 8.18. The standard InChI is InChI=1S/C15H22N4O/c1-10-8-13(17-20-10)9-19-7-5-6-14(19)15-11(2)16-18(4)12(15)3/h8,14H,5-7,9H2,1-4H3/t14-/m1/s1. The molecule has 0 amide bonds. The molecule has 0 N–H and O–H groups in total.